The quantitative estimate of drug-likeness (QED) is 0.101. The molecule has 10 heterocycles. The molecule has 11 heteroatoms. The third-order valence-corrected chi connectivity index (χ3v) is 29.2. The van der Waals surface area contributed by atoms with Gasteiger partial charge in [0.2, 0.25) is 0 Å². The normalized spacial score (nSPS) is 11.9. The van der Waals surface area contributed by atoms with Gasteiger partial charge < -0.3 is 22.7 Å². The van der Waals surface area contributed by atoms with Crippen molar-refractivity contribution in [1.82, 2.24) is 52.6 Å². The van der Waals surface area contributed by atoms with Crippen molar-refractivity contribution in [3.8, 4) is 146 Å². The molecule has 29 rings (SSSR count). The first-order chi connectivity index (χ1) is 70.9. The summed E-state index contributed by atoms with van der Waals surface area (Å²) in [5, 5.41) is 13.4. The monoisotopic (exact) mass is 1820 g/mol. The highest BCUT2D eigenvalue weighted by molar-refractivity contribution is 6.25. The van der Waals surface area contributed by atoms with Gasteiger partial charge in [-0.05, 0) is 195 Å². The van der Waals surface area contributed by atoms with Gasteiger partial charge in [0.05, 0.1) is 106 Å². The highest BCUT2D eigenvalue weighted by Crippen LogP contribution is 2.54. The first-order valence-corrected chi connectivity index (χ1v) is 48.6. The van der Waals surface area contributed by atoms with Crippen molar-refractivity contribution in [2.45, 2.75) is 0 Å². The van der Waals surface area contributed by atoms with E-state index < -0.39 is 0 Å². The minimum Gasteiger partial charge on any atom is -0.309 e. The van der Waals surface area contributed by atoms with Crippen molar-refractivity contribution < 1.29 is 0 Å². The minimum atomic E-state index is 0.555. The van der Waals surface area contributed by atoms with Gasteiger partial charge in [0.15, 0.2) is 17.5 Å². The number of rotatable bonds is 15. The second kappa shape index (κ2) is 32.7. The molecule has 0 unspecified atom stereocenters. The Morgan fingerprint density at radius 1 is 0.175 bits per heavy atom. The molecule has 0 amide bonds. The summed E-state index contributed by atoms with van der Waals surface area (Å²) in [7, 11) is 0. The molecule has 0 fully saturated rings. The third-order valence-electron chi connectivity index (χ3n) is 29.2. The first kappa shape index (κ1) is 80.9. The van der Waals surface area contributed by atoms with E-state index in [-0.39, 0.29) is 0 Å². The summed E-state index contributed by atoms with van der Waals surface area (Å²) in [6, 6.07) is 174. The van der Waals surface area contributed by atoms with Crippen LogP contribution in [-0.2, 0) is 0 Å². The van der Waals surface area contributed by atoms with Crippen LogP contribution in [-0.4, -0.2) is 52.6 Å². The second-order valence-electron chi connectivity index (χ2n) is 37.1. The van der Waals surface area contributed by atoms with E-state index in [1.165, 1.54) is 33.0 Å². The zero-order chi connectivity index (χ0) is 93.8. The van der Waals surface area contributed by atoms with Crippen molar-refractivity contribution in [2.75, 3.05) is 0 Å². The fourth-order valence-electron chi connectivity index (χ4n) is 22.8. The Morgan fingerprint density at radius 2 is 0.580 bits per heavy atom. The number of benzene rings is 19. The fourth-order valence-corrected chi connectivity index (χ4v) is 22.8. The highest BCUT2D eigenvalue weighted by Gasteiger charge is 2.35. The summed E-state index contributed by atoms with van der Waals surface area (Å²) >= 11 is 0. The molecule has 10 aromatic heterocycles. The van der Waals surface area contributed by atoms with Crippen LogP contribution in [0.25, 0.3) is 283 Å². The lowest BCUT2D eigenvalue weighted by atomic mass is 9.92. The molecule has 11 nitrogen and oxygen atoms in total. The number of nitrogens with zero attached hydrogens (tertiary/aromatic N) is 11. The van der Waals surface area contributed by atoms with E-state index in [1.54, 1.807) is 0 Å². The standard InChI is InChI=1S/C132H81N11/c1-6-30-82(31-7-1)91-64-70-119-107(77-91)108-78-92(83-32-8-2-9-33-83)65-71-120(108)139(119)96-66-60-85(61-67-96)106-76-93(62-69-104(106)132-137-130(89-36-12-4-13-37-89)136-131(138-132)90-38-14-5-15-39-90)95-79-111(86-34-10-3-11-35-86)135-112(80-95)87-58-56-84(57-59-87)97-46-28-55-121-124(97)105-45-21-27-54-118(105)142(121)128-125-110-48-29-47-109(134-110)94-63-68-103-102-44-20-26-53-117(102)143(122(103)81-94)129(125)127(141-115-51-24-18-42-100(115)101-43-19-25-52-116(101)141)123(88-72-74-133-75-73-88)126(128)140-113-49-22-16-40-98(113)99-41-17-23-50-114(99)140/h1-81H. The van der Waals surface area contributed by atoms with Crippen LogP contribution in [0, 0.1) is 0 Å². The maximum absolute atomic E-state index is 6.04. The maximum atomic E-state index is 6.04. The number of pyridine rings is 3. The van der Waals surface area contributed by atoms with Crippen molar-refractivity contribution in [3.63, 3.8) is 0 Å². The topological polar surface area (TPSA) is 101 Å². The van der Waals surface area contributed by atoms with Crippen LogP contribution in [0.15, 0.2) is 492 Å². The minimum absolute atomic E-state index is 0.555. The average Bonchev–Trinajstić information content (AvgIpc) is 1.54. The van der Waals surface area contributed by atoms with Gasteiger partial charge >= 0.3 is 0 Å². The molecule has 0 aliphatic heterocycles. The van der Waals surface area contributed by atoms with E-state index in [0.29, 0.717) is 17.5 Å². The Bertz CT molecular complexity index is 9990. The predicted molar refractivity (Wildman–Crippen MR) is 591 cm³/mol. The van der Waals surface area contributed by atoms with E-state index in [0.717, 1.165) is 232 Å². The van der Waals surface area contributed by atoms with E-state index in [9.17, 15) is 0 Å². The molecule has 0 radical (unpaired) electrons. The lowest BCUT2D eigenvalue weighted by molar-refractivity contribution is 1.07. The Labute approximate surface area is 821 Å². The molecule has 0 saturated carbocycles. The van der Waals surface area contributed by atoms with Gasteiger partial charge in [0, 0.05) is 111 Å². The van der Waals surface area contributed by atoms with Crippen LogP contribution in [0.2, 0.25) is 0 Å². The van der Waals surface area contributed by atoms with Crippen LogP contribution in [0.4, 0.5) is 0 Å². The van der Waals surface area contributed by atoms with Gasteiger partial charge in [-0.2, -0.15) is 0 Å². The summed E-state index contributed by atoms with van der Waals surface area (Å²) < 4.78 is 12.7. The molecule has 0 atom stereocenters. The fraction of sp³-hybridized carbons (Fsp3) is 0. The van der Waals surface area contributed by atoms with Crippen molar-refractivity contribution in [1.29, 1.82) is 0 Å². The van der Waals surface area contributed by atoms with Crippen LogP contribution in [0.5, 0.6) is 0 Å². The molecule has 0 N–H and O–H groups in total. The molecule has 0 aliphatic carbocycles. The molecule has 19 aromatic carbocycles. The second-order valence-corrected chi connectivity index (χ2v) is 37.1. The van der Waals surface area contributed by atoms with Crippen LogP contribution in [0.1, 0.15) is 0 Å². The van der Waals surface area contributed by atoms with E-state index in [1.807, 2.05) is 48.8 Å². The molecule has 29 aromatic rings. The molecule has 143 heavy (non-hydrogen) atoms. The lowest BCUT2D eigenvalue weighted by Crippen LogP contribution is -2.12. The van der Waals surface area contributed by atoms with Gasteiger partial charge in [0.25, 0.3) is 0 Å². The van der Waals surface area contributed by atoms with Gasteiger partial charge in [0.1, 0.15) is 0 Å². The predicted octanol–water partition coefficient (Wildman–Crippen LogP) is 33.6. The van der Waals surface area contributed by atoms with Crippen LogP contribution < -0.4 is 0 Å². The smallest absolute Gasteiger partial charge is 0.164 e. The first-order valence-electron chi connectivity index (χ1n) is 48.6. The molecule has 0 spiro atoms. The largest absolute Gasteiger partial charge is 0.309 e. The Hall–Kier alpha value is -19.4. The molecule has 0 saturated heterocycles. The Morgan fingerprint density at radius 3 is 1.15 bits per heavy atom. The number of fused-ring (bicyclic) bond motifs is 22. The zero-order valence-electron chi connectivity index (χ0n) is 77.2. The summed E-state index contributed by atoms with van der Waals surface area (Å²) in [6.45, 7) is 0. The number of hydrogen-bond acceptors (Lipinski definition) is 6. The summed E-state index contributed by atoms with van der Waals surface area (Å²) in [6.07, 6.45) is 3.92. The molecule has 0 aliphatic rings. The van der Waals surface area contributed by atoms with Crippen LogP contribution >= 0.6 is 0 Å². The maximum Gasteiger partial charge on any atom is 0.164 e. The molecule has 664 valence electrons. The average molecular weight is 1820 g/mol. The van der Waals surface area contributed by atoms with Crippen molar-refractivity contribution in [3.05, 3.63) is 492 Å². The van der Waals surface area contributed by atoms with E-state index in [4.69, 9.17) is 29.9 Å². The number of hydrogen-bond donors (Lipinski definition) is 0. The number of para-hydroxylation sites is 6. The Kier molecular flexibility index (Phi) is 18.5. The van der Waals surface area contributed by atoms with E-state index >= 15 is 0 Å². The number of aromatic nitrogens is 11. The van der Waals surface area contributed by atoms with Gasteiger partial charge in [-0.25, -0.2) is 24.9 Å². The Balaban J connectivity index is 0.644. The highest BCUT2D eigenvalue weighted by atomic mass is 15.1. The van der Waals surface area contributed by atoms with Crippen molar-refractivity contribution >= 4 is 136 Å². The summed E-state index contributed by atoms with van der Waals surface area (Å²) in [5.41, 5.74) is 36.3. The van der Waals surface area contributed by atoms with E-state index in [2.05, 4.69) is 466 Å². The lowest BCUT2D eigenvalue weighted by Gasteiger charge is -2.27. The summed E-state index contributed by atoms with van der Waals surface area (Å²) in [5.74, 6) is 1.72. The summed E-state index contributed by atoms with van der Waals surface area (Å²) in [4.78, 5) is 32.6. The van der Waals surface area contributed by atoms with Crippen LogP contribution in [0.3, 0.4) is 0 Å². The molecule has 4 bridgehead atoms. The zero-order valence-corrected chi connectivity index (χ0v) is 77.2. The van der Waals surface area contributed by atoms with Gasteiger partial charge in [-0.1, -0.05) is 346 Å². The third kappa shape index (κ3) is 13.0. The SMILES string of the molecule is c1ccc(-c2ccc3c(c2)c2cc(-c4ccccc4)ccc2n3-c2ccc(-c3cc(-c4cc(-c5ccccc5)nc(-c5ccc(-c6cccc7c6c6ccccc6n7-c6c(-n7c8ccccc8c8ccccc87)c(-c7ccncc7)c(-n7c8ccccc8c8ccccc87)c7c6c6cccc(n6)c6ccc8c9ccccc9n7c8c6)cc5)c4)ccc3-c3nc(-c4ccccc4)nc(-c4ccccc4)n3)cc2)cc1. The molecular weight excluding hydrogens is 1740 g/mol. The van der Waals surface area contributed by atoms with Gasteiger partial charge in [-0.3, -0.25) is 4.98 Å². The molecular formula is C132H81N11. The van der Waals surface area contributed by atoms with Gasteiger partial charge in [-0.15, -0.1) is 0 Å². The van der Waals surface area contributed by atoms with Crippen molar-refractivity contribution in [2.24, 2.45) is 0 Å².